The number of nitrogen functional groups attached to an aromatic ring is 1. The molecule has 118 valence electrons. The highest BCUT2D eigenvalue weighted by Crippen LogP contribution is 2.36. The summed E-state index contributed by atoms with van der Waals surface area (Å²) in [5, 5.41) is 0.614. The number of furan rings is 1. The number of fused-ring (bicyclic) bond motifs is 1. The van der Waals surface area contributed by atoms with Gasteiger partial charge in [0, 0.05) is 22.7 Å². The van der Waals surface area contributed by atoms with Crippen LogP contribution in [0.2, 0.25) is 0 Å². The number of aryl methyl sites for hydroxylation is 1. The van der Waals surface area contributed by atoms with Gasteiger partial charge in [-0.25, -0.2) is 4.98 Å². The number of hydrogen-bond donors (Lipinski definition) is 1. The van der Waals surface area contributed by atoms with Gasteiger partial charge in [-0.05, 0) is 22.9 Å². The van der Waals surface area contributed by atoms with Crippen LogP contribution in [0.5, 0.6) is 0 Å². The average Bonchev–Trinajstić information content (AvgIpc) is 2.88. The summed E-state index contributed by atoms with van der Waals surface area (Å²) >= 11 is 3.50. The van der Waals surface area contributed by atoms with Gasteiger partial charge in [0.15, 0.2) is 0 Å². The molecule has 0 spiro atoms. The van der Waals surface area contributed by atoms with Crippen molar-refractivity contribution in [2.75, 3.05) is 12.8 Å². The van der Waals surface area contributed by atoms with Crippen LogP contribution in [0.15, 0.2) is 39.2 Å². The second-order valence-corrected chi connectivity index (χ2v) is 5.94. The number of carbonyl (C=O) groups excluding carboxylic acids is 1. The lowest BCUT2D eigenvalue weighted by atomic mass is 10.1. The van der Waals surface area contributed by atoms with Crippen molar-refractivity contribution in [3.8, 4) is 0 Å². The molecule has 0 amide bonds. The van der Waals surface area contributed by atoms with Crippen LogP contribution in [0.1, 0.15) is 27.4 Å². The van der Waals surface area contributed by atoms with Crippen LogP contribution in [0.25, 0.3) is 11.1 Å². The Morgan fingerprint density at radius 3 is 2.70 bits per heavy atom. The normalized spacial score (nSPS) is 11.1. The van der Waals surface area contributed by atoms with Gasteiger partial charge in [0.05, 0.1) is 23.4 Å². The zero-order chi connectivity index (χ0) is 16.6. The summed E-state index contributed by atoms with van der Waals surface area (Å²) in [5.41, 5.74) is 8.91. The van der Waals surface area contributed by atoms with E-state index in [0.29, 0.717) is 23.3 Å². The number of hydrogen-bond acceptors (Lipinski definition) is 5. The Balaban J connectivity index is 2.23. The number of methoxy groups -OCH3 is 1. The van der Waals surface area contributed by atoms with Gasteiger partial charge in [0.1, 0.15) is 0 Å². The van der Waals surface area contributed by atoms with E-state index in [1.165, 1.54) is 0 Å². The smallest absolute Gasteiger partial charge is 0.230 e. The minimum absolute atomic E-state index is 0.105. The largest absolute Gasteiger partial charge is 0.432 e. The van der Waals surface area contributed by atoms with E-state index in [0.717, 1.165) is 15.7 Å². The van der Waals surface area contributed by atoms with Crippen LogP contribution < -0.4 is 5.73 Å². The molecule has 0 saturated carbocycles. The van der Waals surface area contributed by atoms with Crippen molar-refractivity contribution in [3.63, 3.8) is 0 Å². The summed E-state index contributed by atoms with van der Waals surface area (Å²) in [6, 6.07) is 8.87. The molecule has 6 heteroatoms. The minimum Gasteiger partial charge on any atom is -0.432 e. The lowest BCUT2D eigenvalue weighted by Gasteiger charge is -2.07. The summed E-state index contributed by atoms with van der Waals surface area (Å²) in [6.45, 7) is 2.18. The summed E-state index contributed by atoms with van der Waals surface area (Å²) in [6.07, 6.45) is 0. The van der Waals surface area contributed by atoms with Gasteiger partial charge >= 0.3 is 0 Å². The van der Waals surface area contributed by atoms with Crippen LogP contribution >= 0.6 is 15.9 Å². The highest BCUT2D eigenvalue weighted by molar-refractivity contribution is 9.10. The molecule has 3 rings (SSSR count). The highest BCUT2D eigenvalue weighted by atomic mass is 79.9. The Morgan fingerprint density at radius 1 is 1.35 bits per heavy atom. The number of pyridine rings is 1. The molecule has 3 aromatic rings. The van der Waals surface area contributed by atoms with Crippen LogP contribution in [-0.4, -0.2) is 17.9 Å². The molecule has 23 heavy (non-hydrogen) atoms. The molecule has 0 saturated heterocycles. The summed E-state index contributed by atoms with van der Waals surface area (Å²) in [5.74, 6) is -0.160. The number of ketones is 1. The van der Waals surface area contributed by atoms with Gasteiger partial charge < -0.3 is 14.9 Å². The number of halogens is 1. The number of benzene rings is 1. The van der Waals surface area contributed by atoms with E-state index in [1.807, 2.05) is 13.0 Å². The lowest BCUT2D eigenvalue weighted by molar-refractivity contribution is 0.101. The zero-order valence-electron chi connectivity index (χ0n) is 12.7. The van der Waals surface area contributed by atoms with Gasteiger partial charge in [-0.3, -0.25) is 4.79 Å². The molecule has 0 atom stereocenters. The molecule has 0 fully saturated rings. The molecule has 0 aliphatic rings. The number of rotatable bonds is 4. The van der Waals surface area contributed by atoms with Crippen LogP contribution in [-0.2, 0) is 11.3 Å². The number of anilines is 1. The second kappa shape index (κ2) is 6.14. The number of ether oxygens (including phenoxy) is 1. The summed E-state index contributed by atoms with van der Waals surface area (Å²) in [7, 11) is 1.60. The van der Waals surface area contributed by atoms with Crippen LogP contribution in [0.4, 0.5) is 5.69 Å². The van der Waals surface area contributed by atoms with E-state index < -0.39 is 0 Å². The molecule has 0 radical (unpaired) electrons. The maximum atomic E-state index is 12.6. The Morgan fingerprint density at radius 2 is 2.04 bits per heavy atom. The van der Waals surface area contributed by atoms with Crippen molar-refractivity contribution < 1.29 is 13.9 Å². The van der Waals surface area contributed by atoms with Crippen molar-refractivity contribution in [2.45, 2.75) is 13.5 Å². The first-order valence-electron chi connectivity index (χ1n) is 7.00. The number of nitrogens with two attached hydrogens (primary N) is 1. The summed E-state index contributed by atoms with van der Waals surface area (Å²) in [4.78, 5) is 17.0. The Hall–Kier alpha value is -2.18. The lowest BCUT2D eigenvalue weighted by Crippen LogP contribution is -2.03. The van der Waals surface area contributed by atoms with E-state index in [-0.39, 0.29) is 17.2 Å². The molecule has 2 heterocycles. The molecule has 2 N–H and O–H groups in total. The van der Waals surface area contributed by atoms with Gasteiger partial charge in [-0.1, -0.05) is 30.3 Å². The number of aromatic nitrogens is 1. The monoisotopic (exact) mass is 374 g/mol. The fraction of sp³-hybridized carbons (Fsp3) is 0.176. The second-order valence-electron chi connectivity index (χ2n) is 5.14. The van der Waals surface area contributed by atoms with Crippen molar-refractivity contribution in [3.05, 3.63) is 57.4 Å². The molecule has 0 bridgehead atoms. The van der Waals surface area contributed by atoms with Crippen LogP contribution in [0, 0.1) is 6.92 Å². The standard InChI is InChI=1S/C17H15BrN2O3/c1-9-13(18)11(8-22-2)12-14(19)16(23-17(12)20-9)15(21)10-6-4-3-5-7-10/h3-7H,8,19H2,1-2H3. The van der Waals surface area contributed by atoms with E-state index in [2.05, 4.69) is 20.9 Å². The first-order valence-corrected chi connectivity index (χ1v) is 7.79. The quantitative estimate of drug-likeness (QED) is 0.701. The van der Waals surface area contributed by atoms with Crippen molar-refractivity contribution >= 4 is 38.5 Å². The molecular formula is C17H15BrN2O3. The third-order valence-corrected chi connectivity index (χ3v) is 4.66. The van der Waals surface area contributed by atoms with E-state index >= 15 is 0 Å². The maximum absolute atomic E-state index is 12.6. The van der Waals surface area contributed by atoms with Gasteiger partial charge in [0.2, 0.25) is 17.3 Å². The first-order chi connectivity index (χ1) is 11.0. The van der Waals surface area contributed by atoms with E-state index in [4.69, 9.17) is 14.9 Å². The van der Waals surface area contributed by atoms with Crippen molar-refractivity contribution in [1.29, 1.82) is 0 Å². The maximum Gasteiger partial charge on any atom is 0.230 e. The molecule has 2 aromatic heterocycles. The summed E-state index contributed by atoms with van der Waals surface area (Å²) < 4.78 is 11.7. The Kier molecular flexibility index (Phi) is 4.19. The highest BCUT2D eigenvalue weighted by Gasteiger charge is 2.24. The van der Waals surface area contributed by atoms with Crippen LogP contribution in [0.3, 0.4) is 0 Å². The Labute approximate surface area is 141 Å². The fourth-order valence-corrected chi connectivity index (χ4v) is 2.90. The molecule has 1 aromatic carbocycles. The third kappa shape index (κ3) is 2.64. The predicted octanol–water partition coefficient (Wildman–Crippen LogP) is 3.86. The molecule has 0 unspecified atom stereocenters. The fourth-order valence-electron chi connectivity index (χ4n) is 2.50. The van der Waals surface area contributed by atoms with Gasteiger partial charge in [-0.2, -0.15) is 0 Å². The first kappa shape index (κ1) is 15.7. The third-order valence-electron chi connectivity index (χ3n) is 3.61. The molecule has 0 aliphatic heterocycles. The predicted molar refractivity (Wildman–Crippen MR) is 91.4 cm³/mol. The SMILES string of the molecule is COCc1c(Br)c(C)nc2oc(C(=O)c3ccccc3)c(N)c12. The van der Waals surface area contributed by atoms with Crippen molar-refractivity contribution in [1.82, 2.24) is 4.98 Å². The number of nitrogens with zero attached hydrogens (tertiary/aromatic N) is 1. The van der Waals surface area contributed by atoms with Gasteiger partial charge in [-0.15, -0.1) is 0 Å². The molecular weight excluding hydrogens is 360 g/mol. The number of carbonyl (C=O) groups is 1. The topological polar surface area (TPSA) is 78.4 Å². The molecule has 5 nitrogen and oxygen atoms in total. The van der Waals surface area contributed by atoms with E-state index in [1.54, 1.807) is 31.4 Å². The van der Waals surface area contributed by atoms with Gasteiger partial charge in [0.25, 0.3) is 0 Å². The minimum atomic E-state index is -0.266. The average molecular weight is 375 g/mol. The van der Waals surface area contributed by atoms with E-state index in [9.17, 15) is 4.79 Å². The molecule has 0 aliphatic carbocycles. The zero-order valence-corrected chi connectivity index (χ0v) is 14.3. The van der Waals surface area contributed by atoms with Crippen molar-refractivity contribution in [2.24, 2.45) is 0 Å². The Bertz CT molecular complexity index is 888.